The first-order chi connectivity index (χ1) is 23.8. The summed E-state index contributed by atoms with van der Waals surface area (Å²) in [5.74, 6) is 1.78. The number of hydrogen-bond acceptors (Lipinski definition) is 4. The molecule has 3 heterocycles. The Labute approximate surface area is 306 Å². The number of aromatic nitrogens is 2. The molecule has 1 aliphatic carbocycles. The van der Waals surface area contributed by atoms with Crippen LogP contribution in [0.1, 0.15) is 54.6 Å². The normalized spacial score (nSPS) is 16.4. The van der Waals surface area contributed by atoms with Crippen LogP contribution < -0.4 is 4.74 Å². The van der Waals surface area contributed by atoms with Crippen molar-refractivity contribution >= 4 is 27.8 Å². The quantitative estimate of drug-likeness (QED) is 0.162. The van der Waals surface area contributed by atoms with Gasteiger partial charge in [0.15, 0.2) is 0 Å². The first kappa shape index (κ1) is 32.2. The molecule has 0 unspecified atom stereocenters. The van der Waals surface area contributed by atoms with E-state index in [9.17, 15) is 0 Å². The second-order valence-corrected chi connectivity index (χ2v) is 14.2. The van der Waals surface area contributed by atoms with Gasteiger partial charge in [-0.2, -0.15) is 0 Å². The van der Waals surface area contributed by atoms with Gasteiger partial charge in [-0.1, -0.05) is 116 Å². The van der Waals surface area contributed by atoms with Crippen LogP contribution in [0, 0.1) is 19.1 Å². The monoisotopic (exact) mass is 832 g/mol. The standard InChI is InChI=1S/C44H35N3O2.Pt/c1-27-16-17-39-38(19-27)37-15-10-18-45-42(37)47(39)33-24-32(44(2,3)4)25-35(26-33)48-34-21-30(28-11-6-5-7-12-28)20-31(22-34)43-46-41-36-14-9-8-13-29(36)23-40(41)49-43;/h5-21,24-25,40-41H,23H2,1-4H3;/q-2;+2/t40-,41+;/m0./s1. The average molecular weight is 833 g/mol. The van der Waals surface area contributed by atoms with Gasteiger partial charge in [0.2, 0.25) is 0 Å². The number of pyridine rings is 1. The van der Waals surface area contributed by atoms with Crippen molar-refractivity contribution in [2.75, 3.05) is 0 Å². The van der Waals surface area contributed by atoms with E-state index in [2.05, 4.69) is 123 Å². The number of benzene rings is 5. The number of ether oxygens (including phenoxy) is 2. The number of aliphatic imine (C=N–C) groups is 1. The predicted octanol–water partition coefficient (Wildman–Crippen LogP) is 10.3. The molecule has 2 aliphatic rings. The Morgan fingerprint density at radius 1 is 0.800 bits per heavy atom. The largest absolute Gasteiger partial charge is 2.00 e. The first-order valence-corrected chi connectivity index (χ1v) is 16.9. The summed E-state index contributed by atoms with van der Waals surface area (Å²) in [5, 5.41) is 2.27. The summed E-state index contributed by atoms with van der Waals surface area (Å²) in [7, 11) is 0. The van der Waals surface area contributed by atoms with Gasteiger partial charge >= 0.3 is 21.1 Å². The van der Waals surface area contributed by atoms with E-state index in [4.69, 9.17) is 19.5 Å². The third-order valence-electron chi connectivity index (χ3n) is 9.69. The van der Waals surface area contributed by atoms with Gasteiger partial charge in [0.05, 0.1) is 5.52 Å². The molecule has 5 aromatic carbocycles. The van der Waals surface area contributed by atoms with E-state index in [1.165, 1.54) is 22.1 Å². The number of nitrogens with zero attached hydrogens (tertiary/aromatic N) is 3. The van der Waals surface area contributed by atoms with Crippen LogP contribution in [-0.4, -0.2) is 21.6 Å². The van der Waals surface area contributed by atoms with Crippen molar-refractivity contribution < 1.29 is 30.5 Å². The minimum absolute atomic E-state index is 0. The van der Waals surface area contributed by atoms with Crippen molar-refractivity contribution in [1.29, 1.82) is 0 Å². The van der Waals surface area contributed by atoms with Gasteiger partial charge in [0.25, 0.3) is 0 Å². The molecule has 0 N–H and O–H groups in total. The zero-order valence-corrected chi connectivity index (χ0v) is 30.6. The minimum atomic E-state index is -0.147. The average Bonchev–Trinajstić information content (AvgIpc) is 3.77. The molecular weight excluding hydrogens is 798 g/mol. The minimum Gasteiger partial charge on any atom is -0.514 e. The van der Waals surface area contributed by atoms with Gasteiger partial charge in [-0.25, -0.2) is 4.98 Å². The zero-order valence-electron chi connectivity index (χ0n) is 28.3. The van der Waals surface area contributed by atoms with Crippen LogP contribution in [0.2, 0.25) is 0 Å². The fourth-order valence-corrected chi connectivity index (χ4v) is 7.20. The molecule has 0 fully saturated rings. The second-order valence-electron chi connectivity index (χ2n) is 14.2. The van der Waals surface area contributed by atoms with Gasteiger partial charge in [-0.3, -0.25) is 4.99 Å². The van der Waals surface area contributed by atoms with Crippen molar-refractivity contribution in [2.24, 2.45) is 4.99 Å². The Morgan fingerprint density at radius 2 is 1.60 bits per heavy atom. The molecule has 2 aromatic heterocycles. The smallest absolute Gasteiger partial charge is 0.514 e. The van der Waals surface area contributed by atoms with Gasteiger partial charge in [0.1, 0.15) is 23.7 Å². The van der Waals surface area contributed by atoms with Crippen molar-refractivity contribution in [3.05, 3.63) is 155 Å². The molecular formula is C44H35N3O2Pt. The van der Waals surface area contributed by atoms with Crippen molar-refractivity contribution in [3.8, 4) is 28.3 Å². The molecule has 0 saturated heterocycles. The molecule has 0 spiro atoms. The molecule has 9 rings (SSSR count). The van der Waals surface area contributed by atoms with E-state index >= 15 is 0 Å². The van der Waals surface area contributed by atoms with Crippen molar-refractivity contribution in [1.82, 2.24) is 9.55 Å². The molecule has 5 nitrogen and oxygen atoms in total. The number of rotatable bonds is 5. The van der Waals surface area contributed by atoms with Gasteiger partial charge < -0.3 is 14.0 Å². The van der Waals surface area contributed by atoms with Gasteiger partial charge in [-0.15, -0.1) is 29.8 Å². The van der Waals surface area contributed by atoms with E-state index in [1.54, 1.807) is 0 Å². The number of hydrogen-bond donors (Lipinski definition) is 0. The maximum atomic E-state index is 6.75. The summed E-state index contributed by atoms with van der Waals surface area (Å²) in [6.45, 7) is 8.77. The summed E-state index contributed by atoms with van der Waals surface area (Å²) in [6.07, 6.45) is 2.69. The van der Waals surface area contributed by atoms with Crippen LogP contribution in [0.4, 0.5) is 0 Å². The van der Waals surface area contributed by atoms with E-state index in [0.29, 0.717) is 17.4 Å². The van der Waals surface area contributed by atoms with Gasteiger partial charge in [0, 0.05) is 34.9 Å². The molecule has 0 saturated carbocycles. The van der Waals surface area contributed by atoms with E-state index in [0.717, 1.165) is 50.9 Å². The SMILES string of the molecule is Cc1ccc2c(c1)c1cccnc1n2-c1[c-]c(Oc2[c-]c(C3=N[C@@H]4c5ccccc5C[C@@H]4O3)cc(-c3ccccc3)c2)cc(C(C)(C)C)c1.[Pt+2]. The molecule has 0 radical (unpaired) electrons. The third kappa shape index (κ3) is 5.64. The van der Waals surface area contributed by atoms with Crippen LogP contribution in [0.15, 0.2) is 120 Å². The maximum absolute atomic E-state index is 6.75. The molecule has 50 heavy (non-hydrogen) atoms. The van der Waals surface area contributed by atoms with Crippen LogP contribution in [0.3, 0.4) is 0 Å². The Kier molecular flexibility index (Phi) is 8.00. The fraction of sp³-hybridized carbons (Fsp3) is 0.182. The van der Waals surface area contributed by atoms with E-state index < -0.39 is 0 Å². The predicted molar refractivity (Wildman–Crippen MR) is 196 cm³/mol. The number of aryl methyl sites for hydroxylation is 1. The van der Waals surface area contributed by atoms with Crippen LogP contribution in [0.25, 0.3) is 38.8 Å². The molecule has 0 amide bonds. The van der Waals surface area contributed by atoms with Crippen LogP contribution in [0.5, 0.6) is 11.5 Å². The Morgan fingerprint density at radius 3 is 2.44 bits per heavy atom. The molecule has 2 atom stereocenters. The molecule has 7 aromatic rings. The molecule has 6 heteroatoms. The maximum Gasteiger partial charge on any atom is 2.00 e. The molecule has 1 aliphatic heterocycles. The summed E-state index contributed by atoms with van der Waals surface area (Å²) >= 11 is 0. The summed E-state index contributed by atoms with van der Waals surface area (Å²) < 4.78 is 15.5. The number of fused-ring (bicyclic) bond motifs is 6. The van der Waals surface area contributed by atoms with Crippen LogP contribution in [-0.2, 0) is 37.6 Å². The Balaban J connectivity index is 0.00000361. The third-order valence-corrected chi connectivity index (χ3v) is 9.69. The summed E-state index contributed by atoms with van der Waals surface area (Å²) in [4.78, 5) is 9.93. The Hall–Kier alpha value is -4.99. The second kappa shape index (κ2) is 12.4. The van der Waals surface area contributed by atoms with Crippen molar-refractivity contribution in [3.63, 3.8) is 0 Å². The first-order valence-electron chi connectivity index (χ1n) is 16.9. The van der Waals surface area contributed by atoms with Gasteiger partial charge in [-0.05, 0) is 53.3 Å². The van der Waals surface area contributed by atoms with E-state index in [1.807, 2.05) is 36.5 Å². The topological polar surface area (TPSA) is 48.6 Å². The Bertz CT molecular complexity index is 2440. The molecule has 248 valence electrons. The van der Waals surface area contributed by atoms with E-state index in [-0.39, 0.29) is 38.6 Å². The van der Waals surface area contributed by atoms with Crippen LogP contribution >= 0.6 is 0 Å². The van der Waals surface area contributed by atoms with Crippen molar-refractivity contribution in [2.45, 2.75) is 51.7 Å². The summed E-state index contributed by atoms with van der Waals surface area (Å²) in [6, 6.07) is 45.1. The fourth-order valence-electron chi connectivity index (χ4n) is 7.20. The molecule has 0 bridgehead atoms. The zero-order chi connectivity index (χ0) is 33.3. The summed E-state index contributed by atoms with van der Waals surface area (Å²) in [5.41, 5.74) is 10.4.